The van der Waals surface area contributed by atoms with Crippen LogP contribution in [-0.4, -0.2) is 36.9 Å². The Kier molecular flexibility index (Phi) is 3.05. The number of thiol groups is 1. The Balaban J connectivity index is 2.22. The lowest BCUT2D eigenvalue weighted by Gasteiger charge is -2.28. The standard InChI is InChI=1S/C8H17NS/c1-9(7-4-8-10)5-2-3-6-9/h2-8H2,1H3/p+1. The number of nitrogens with zero attached hydrogens (tertiary/aromatic N) is 1. The summed E-state index contributed by atoms with van der Waals surface area (Å²) in [6, 6.07) is 0. The van der Waals surface area contributed by atoms with E-state index in [-0.39, 0.29) is 0 Å². The fourth-order valence-electron chi connectivity index (χ4n) is 1.77. The molecule has 0 saturated carbocycles. The molecule has 1 fully saturated rings. The monoisotopic (exact) mass is 160 g/mol. The Bertz CT molecular complexity index is 97.4. The molecule has 0 spiro atoms. The minimum Gasteiger partial charge on any atom is -0.326 e. The Morgan fingerprint density at radius 3 is 2.40 bits per heavy atom. The van der Waals surface area contributed by atoms with Crippen molar-refractivity contribution in [2.45, 2.75) is 19.3 Å². The highest BCUT2D eigenvalue weighted by atomic mass is 32.1. The van der Waals surface area contributed by atoms with Crippen molar-refractivity contribution in [2.75, 3.05) is 32.4 Å². The van der Waals surface area contributed by atoms with Gasteiger partial charge in [0.2, 0.25) is 0 Å². The topological polar surface area (TPSA) is 0 Å². The second-order valence-electron chi connectivity index (χ2n) is 3.57. The predicted molar refractivity (Wildman–Crippen MR) is 48.5 cm³/mol. The number of hydrogen-bond acceptors (Lipinski definition) is 1. The van der Waals surface area contributed by atoms with Gasteiger partial charge in [0.05, 0.1) is 26.7 Å². The van der Waals surface area contributed by atoms with E-state index in [2.05, 4.69) is 19.7 Å². The van der Waals surface area contributed by atoms with Crippen LogP contribution >= 0.6 is 12.6 Å². The van der Waals surface area contributed by atoms with Crippen LogP contribution in [0, 0.1) is 0 Å². The van der Waals surface area contributed by atoms with Crippen LogP contribution in [0.25, 0.3) is 0 Å². The molecule has 1 aliphatic rings. The van der Waals surface area contributed by atoms with E-state index < -0.39 is 0 Å². The van der Waals surface area contributed by atoms with Crippen LogP contribution < -0.4 is 0 Å². The van der Waals surface area contributed by atoms with Crippen molar-refractivity contribution >= 4 is 12.6 Å². The summed E-state index contributed by atoms with van der Waals surface area (Å²) >= 11 is 4.22. The lowest BCUT2D eigenvalue weighted by atomic mass is 10.4. The summed E-state index contributed by atoms with van der Waals surface area (Å²) in [5.41, 5.74) is 0. The molecule has 0 N–H and O–H groups in total. The molecule has 0 atom stereocenters. The molecule has 1 aliphatic heterocycles. The third kappa shape index (κ3) is 2.17. The number of hydrogen-bond donors (Lipinski definition) is 1. The number of rotatable bonds is 3. The highest BCUT2D eigenvalue weighted by Crippen LogP contribution is 2.16. The maximum absolute atomic E-state index is 4.22. The zero-order chi connectivity index (χ0) is 7.45. The highest BCUT2D eigenvalue weighted by molar-refractivity contribution is 7.80. The third-order valence-corrected chi connectivity index (χ3v) is 2.82. The molecule has 1 nitrogen and oxygen atoms in total. The van der Waals surface area contributed by atoms with Gasteiger partial charge in [-0.2, -0.15) is 12.6 Å². The summed E-state index contributed by atoms with van der Waals surface area (Å²) in [6.45, 7) is 4.13. The second-order valence-corrected chi connectivity index (χ2v) is 4.02. The summed E-state index contributed by atoms with van der Waals surface area (Å²) in [5, 5.41) is 0. The van der Waals surface area contributed by atoms with Gasteiger partial charge in [0.1, 0.15) is 0 Å². The van der Waals surface area contributed by atoms with E-state index in [0.717, 1.165) is 5.75 Å². The van der Waals surface area contributed by atoms with Crippen LogP contribution in [0.1, 0.15) is 19.3 Å². The molecule has 0 unspecified atom stereocenters. The Morgan fingerprint density at radius 2 is 1.90 bits per heavy atom. The van der Waals surface area contributed by atoms with Crippen LogP contribution in [-0.2, 0) is 0 Å². The van der Waals surface area contributed by atoms with E-state index in [0.29, 0.717) is 0 Å². The van der Waals surface area contributed by atoms with Gasteiger partial charge in [-0.25, -0.2) is 0 Å². The van der Waals surface area contributed by atoms with Crippen molar-refractivity contribution < 1.29 is 4.48 Å². The lowest BCUT2D eigenvalue weighted by Crippen LogP contribution is -2.41. The summed E-state index contributed by atoms with van der Waals surface area (Å²) in [7, 11) is 2.37. The van der Waals surface area contributed by atoms with E-state index in [1.807, 2.05) is 0 Å². The van der Waals surface area contributed by atoms with Gasteiger partial charge < -0.3 is 4.48 Å². The smallest absolute Gasteiger partial charge is 0.0792 e. The fraction of sp³-hybridized carbons (Fsp3) is 1.00. The molecule has 2 heteroatoms. The maximum atomic E-state index is 4.22. The molecule has 1 rings (SSSR count). The Morgan fingerprint density at radius 1 is 1.30 bits per heavy atom. The molecule has 1 saturated heterocycles. The first-order valence-electron chi connectivity index (χ1n) is 4.21. The van der Waals surface area contributed by atoms with Gasteiger partial charge >= 0.3 is 0 Å². The van der Waals surface area contributed by atoms with Crippen LogP contribution in [0.4, 0.5) is 0 Å². The molecule has 0 aromatic rings. The van der Waals surface area contributed by atoms with Gasteiger partial charge in [-0.1, -0.05) is 0 Å². The van der Waals surface area contributed by atoms with Gasteiger partial charge in [0.15, 0.2) is 0 Å². The van der Waals surface area contributed by atoms with Gasteiger partial charge in [-0.3, -0.25) is 0 Å². The molecule has 0 radical (unpaired) electrons. The van der Waals surface area contributed by atoms with Crippen LogP contribution in [0.15, 0.2) is 0 Å². The minimum atomic E-state index is 1.05. The van der Waals surface area contributed by atoms with Crippen LogP contribution in [0.3, 0.4) is 0 Å². The van der Waals surface area contributed by atoms with E-state index in [9.17, 15) is 0 Å². The molecular weight excluding hydrogens is 142 g/mol. The first-order chi connectivity index (χ1) is 4.77. The third-order valence-electron chi connectivity index (χ3n) is 2.50. The van der Waals surface area contributed by atoms with E-state index in [4.69, 9.17) is 0 Å². The second kappa shape index (κ2) is 3.63. The maximum Gasteiger partial charge on any atom is 0.0792 e. The summed E-state index contributed by atoms with van der Waals surface area (Å²) in [6.07, 6.45) is 4.14. The van der Waals surface area contributed by atoms with Crippen molar-refractivity contribution in [3.8, 4) is 0 Å². The Labute approximate surface area is 69.4 Å². The van der Waals surface area contributed by atoms with Crippen molar-refractivity contribution in [1.29, 1.82) is 0 Å². The van der Waals surface area contributed by atoms with Crippen molar-refractivity contribution in [2.24, 2.45) is 0 Å². The quantitative estimate of drug-likeness (QED) is 0.470. The largest absolute Gasteiger partial charge is 0.326 e. The van der Waals surface area contributed by atoms with Gasteiger partial charge in [-0.15, -0.1) is 0 Å². The molecule has 0 aromatic heterocycles. The van der Waals surface area contributed by atoms with Gasteiger partial charge in [-0.05, 0) is 5.75 Å². The minimum absolute atomic E-state index is 1.05. The zero-order valence-electron chi connectivity index (χ0n) is 6.84. The van der Waals surface area contributed by atoms with E-state index in [1.54, 1.807) is 0 Å². The predicted octanol–water partition coefficient (Wildman–Crippen LogP) is 1.55. The average Bonchev–Trinajstić information content (AvgIpc) is 2.33. The number of likely N-dealkylation sites (tertiary alicyclic amines) is 1. The highest BCUT2D eigenvalue weighted by Gasteiger charge is 2.25. The van der Waals surface area contributed by atoms with Crippen LogP contribution in [0.2, 0.25) is 0 Å². The molecule has 60 valence electrons. The van der Waals surface area contributed by atoms with E-state index in [1.165, 1.54) is 43.4 Å². The van der Waals surface area contributed by atoms with Crippen molar-refractivity contribution in [3.05, 3.63) is 0 Å². The molecule has 0 bridgehead atoms. The molecule has 0 aromatic carbocycles. The first-order valence-corrected chi connectivity index (χ1v) is 4.84. The zero-order valence-corrected chi connectivity index (χ0v) is 7.74. The fourth-order valence-corrected chi connectivity index (χ4v) is 1.92. The average molecular weight is 160 g/mol. The Hall–Kier alpha value is 0.310. The summed E-state index contributed by atoms with van der Waals surface area (Å²) < 4.78 is 1.31. The first kappa shape index (κ1) is 8.41. The number of quaternary nitrogens is 1. The normalized spacial score (nSPS) is 23.4. The lowest BCUT2D eigenvalue weighted by molar-refractivity contribution is -0.897. The van der Waals surface area contributed by atoms with Gasteiger partial charge in [0.25, 0.3) is 0 Å². The molecular formula is C8H18NS+. The summed E-state index contributed by atoms with van der Waals surface area (Å²) in [5.74, 6) is 1.05. The molecule has 0 aliphatic carbocycles. The van der Waals surface area contributed by atoms with Crippen molar-refractivity contribution in [1.82, 2.24) is 0 Å². The van der Waals surface area contributed by atoms with Gasteiger partial charge in [0, 0.05) is 19.3 Å². The SMILES string of the molecule is C[N+]1(CCCS)CCCC1. The van der Waals surface area contributed by atoms with E-state index >= 15 is 0 Å². The molecule has 1 heterocycles. The molecule has 0 amide bonds. The van der Waals surface area contributed by atoms with Crippen molar-refractivity contribution in [3.63, 3.8) is 0 Å². The molecule has 10 heavy (non-hydrogen) atoms. The van der Waals surface area contributed by atoms with Crippen LogP contribution in [0.5, 0.6) is 0 Å². The summed E-state index contributed by atoms with van der Waals surface area (Å²) in [4.78, 5) is 0.